The molecule has 0 saturated heterocycles. The van der Waals surface area contributed by atoms with Gasteiger partial charge in [0.25, 0.3) is 0 Å². The van der Waals surface area contributed by atoms with Crippen molar-refractivity contribution in [3.05, 3.63) is 18.2 Å². The zero-order valence-corrected chi connectivity index (χ0v) is 8.95. The molecule has 0 aliphatic carbocycles. The van der Waals surface area contributed by atoms with E-state index < -0.39 is 0 Å². The first-order valence-electron chi connectivity index (χ1n) is 3.93. The van der Waals surface area contributed by atoms with E-state index in [2.05, 4.69) is 9.24 Å². The third kappa shape index (κ3) is 3.10. The maximum Gasteiger partial charge on any atom is 0.126 e. The van der Waals surface area contributed by atoms with Gasteiger partial charge in [0, 0.05) is 11.0 Å². The third-order valence-corrected chi connectivity index (χ3v) is 1.70. The van der Waals surface area contributed by atoms with E-state index >= 15 is 0 Å². The molecule has 0 heterocycles. The minimum absolute atomic E-state index is 0.755. The summed E-state index contributed by atoms with van der Waals surface area (Å²) in [7, 11) is 4.20. The average Bonchev–Trinajstić information content (AvgIpc) is 2.08. The van der Waals surface area contributed by atoms with Crippen LogP contribution in [0.5, 0.6) is 5.75 Å². The Morgan fingerprint density at radius 1 is 1.33 bits per heavy atom. The number of nitrogen functional groups attached to an aromatic ring is 1. The van der Waals surface area contributed by atoms with Crippen LogP contribution in [0.1, 0.15) is 13.8 Å². The molecule has 1 atom stereocenters. The Kier molecular flexibility index (Phi) is 5.48. The van der Waals surface area contributed by atoms with Gasteiger partial charge in [-0.2, -0.15) is 0 Å². The van der Waals surface area contributed by atoms with Crippen molar-refractivity contribution in [2.45, 2.75) is 13.8 Å². The van der Waals surface area contributed by atoms with Crippen molar-refractivity contribution in [1.82, 2.24) is 0 Å². The summed E-state index contributed by atoms with van der Waals surface area (Å²) in [4.78, 5) is 0. The van der Waals surface area contributed by atoms with Crippen LogP contribution in [-0.4, -0.2) is 7.11 Å². The van der Waals surface area contributed by atoms with Gasteiger partial charge in [0.1, 0.15) is 5.75 Å². The van der Waals surface area contributed by atoms with E-state index in [0.29, 0.717) is 0 Å². The zero-order chi connectivity index (χ0) is 9.56. The molecule has 3 heteroatoms. The van der Waals surface area contributed by atoms with Crippen LogP contribution in [0.4, 0.5) is 5.69 Å². The number of methoxy groups -OCH3 is 1. The van der Waals surface area contributed by atoms with Gasteiger partial charge in [-0.25, -0.2) is 0 Å². The van der Waals surface area contributed by atoms with E-state index in [1.807, 2.05) is 32.0 Å². The molecule has 0 aliphatic heterocycles. The molecule has 2 nitrogen and oxygen atoms in total. The van der Waals surface area contributed by atoms with Crippen molar-refractivity contribution in [1.29, 1.82) is 0 Å². The summed E-state index contributed by atoms with van der Waals surface area (Å²) in [5.41, 5.74) is 6.27. The fourth-order valence-electron chi connectivity index (χ4n) is 0.753. The molecule has 1 unspecified atom stereocenters. The highest BCUT2D eigenvalue weighted by Gasteiger charge is 1.95. The Balaban J connectivity index is 0.000000561. The van der Waals surface area contributed by atoms with Gasteiger partial charge < -0.3 is 10.5 Å². The second-order valence-electron chi connectivity index (χ2n) is 2.00. The van der Waals surface area contributed by atoms with Crippen LogP contribution in [0, 0.1) is 0 Å². The Labute approximate surface area is 76.3 Å². The van der Waals surface area contributed by atoms with Crippen molar-refractivity contribution in [2.24, 2.45) is 0 Å². The SMILES string of the molecule is CC.COc1ccc(N)cc1P. The smallest absolute Gasteiger partial charge is 0.126 e. The number of nitrogens with two attached hydrogens (primary N) is 1. The average molecular weight is 185 g/mol. The molecule has 1 aromatic rings. The molecule has 1 aromatic carbocycles. The Morgan fingerprint density at radius 2 is 1.92 bits per heavy atom. The van der Waals surface area contributed by atoms with Crippen LogP contribution < -0.4 is 15.8 Å². The summed E-state index contributed by atoms with van der Waals surface area (Å²) in [5, 5.41) is 0.988. The van der Waals surface area contributed by atoms with Gasteiger partial charge in [-0.05, 0) is 18.2 Å². The summed E-state index contributed by atoms with van der Waals surface area (Å²) in [6.07, 6.45) is 0. The molecule has 0 aliphatic rings. The summed E-state index contributed by atoms with van der Waals surface area (Å²) < 4.78 is 5.02. The Bertz CT molecular complexity index is 238. The second kappa shape index (κ2) is 5.84. The van der Waals surface area contributed by atoms with Crippen LogP contribution >= 0.6 is 9.24 Å². The first kappa shape index (κ1) is 11.2. The molecule has 0 fully saturated rings. The summed E-state index contributed by atoms with van der Waals surface area (Å²) in [5.74, 6) is 0.846. The lowest BCUT2D eigenvalue weighted by molar-refractivity contribution is 0.418. The number of anilines is 1. The molecule has 0 spiro atoms. The summed E-state index contributed by atoms with van der Waals surface area (Å²) >= 11 is 0. The van der Waals surface area contributed by atoms with Crippen molar-refractivity contribution in [3.8, 4) is 5.75 Å². The first-order valence-corrected chi connectivity index (χ1v) is 4.51. The molecule has 1 rings (SSSR count). The van der Waals surface area contributed by atoms with Crippen molar-refractivity contribution in [3.63, 3.8) is 0 Å². The number of hydrogen-bond acceptors (Lipinski definition) is 2. The first-order chi connectivity index (χ1) is 5.74. The quantitative estimate of drug-likeness (QED) is 0.535. The lowest BCUT2D eigenvalue weighted by Crippen LogP contribution is -1.99. The Hall–Kier alpha value is -0.750. The fraction of sp³-hybridized carbons (Fsp3) is 0.333. The van der Waals surface area contributed by atoms with E-state index in [9.17, 15) is 0 Å². The maximum atomic E-state index is 5.51. The van der Waals surface area contributed by atoms with Crippen LogP contribution in [0.25, 0.3) is 0 Å². The van der Waals surface area contributed by atoms with Crippen LogP contribution in [0.2, 0.25) is 0 Å². The molecule has 2 N–H and O–H groups in total. The number of ether oxygens (including phenoxy) is 1. The van der Waals surface area contributed by atoms with Gasteiger partial charge >= 0.3 is 0 Å². The minimum Gasteiger partial charge on any atom is -0.496 e. The van der Waals surface area contributed by atoms with E-state index in [4.69, 9.17) is 10.5 Å². The fourth-order valence-corrected chi connectivity index (χ4v) is 1.16. The molecular formula is C9H16NOP. The van der Waals surface area contributed by atoms with E-state index in [1.54, 1.807) is 7.11 Å². The van der Waals surface area contributed by atoms with Gasteiger partial charge in [-0.3, -0.25) is 0 Å². The van der Waals surface area contributed by atoms with E-state index in [1.165, 1.54) is 0 Å². The summed E-state index contributed by atoms with van der Waals surface area (Å²) in [6, 6.07) is 5.51. The Morgan fingerprint density at radius 3 is 2.33 bits per heavy atom. The van der Waals surface area contributed by atoms with E-state index in [-0.39, 0.29) is 0 Å². The highest BCUT2D eigenvalue weighted by molar-refractivity contribution is 7.27. The molecule has 12 heavy (non-hydrogen) atoms. The monoisotopic (exact) mass is 185 g/mol. The van der Waals surface area contributed by atoms with Gasteiger partial charge in [0.15, 0.2) is 0 Å². The van der Waals surface area contributed by atoms with Crippen LogP contribution in [0.15, 0.2) is 18.2 Å². The standard InChI is InChI=1S/C7H10NOP.C2H6/c1-9-6-3-2-5(8)4-7(6)10;1-2/h2-4H,8,10H2,1H3;1-2H3. The lowest BCUT2D eigenvalue weighted by Gasteiger charge is -2.03. The van der Waals surface area contributed by atoms with Crippen molar-refractivity contribution < 1.29 is 4.74 Å². The number of hydrogen-bond donors (Lipinski definition) is 1. The number of benzene rings is 1. The molecule has 0 bridgehead atoms. The molecule has 0 aromatic heterocycles. The van der Waals surface area contributed by atoms with Crippen molar-refractivity contribution >= 4 is 20.2 Å². The highest BCUT2D eigenvalue weighted by atomic mass is 31.0. The molecule has 68 valence electrons. The largest absolute Gasteiger partial charge is 0.496 e. The summed E-state index contributed by atoms with van der Waals surface area (Å²) in [6.45, 7) is 4.00. The van der Waals surface area contributed by atoms with Gasteiger partial charge in [0.05, 0.1) is 7.11 Å². The lowest BCUT2D eigenvalue weighted by atomic mass is 10.3. The predicted molar refractivity (Wildman–Crippen MR) is 58.1 cm³/mol. The molecular weight excluding hydrogens is 169 g/mol. The molecule has 0 amide bonds. The second-order valence-corrected chi connectivity index (χ2v) is 2.62. The molecule has 0 saturated carbocycles. The normalized spacial score (nSPS) is 8.33. The highest BCUT2D eigenvalue weighted by Crippen LogP contribution is 2.12. The number of rotatable bonds is 1. The van der Waals surface area contributed by atoms with Crippen LogP contribution in [-0.2, 0) is 0 Å². The zero-order valence-electron chi connectivity index (χ0n) is 7.79. The van der Waals surface area contributed by atoms with Gasteiger partial charge in [-0.15, -0.1) is 9.24 Å². The predicted octanol–water partition coefficient (Wildman–Crippen LogP) is 1.80. The van der Waals surface area contributed by atoms with Crippen LogP contribution in [0.3, 0.4) is 0 Å². The van der Waals surface area contributed by atoms with Crippen molar-refractivity contribution in [2.75, 3.05) is 12.8 Å². The third-order valence-electron chi connectivity index (χ3n) is 1.25. The molecule has 0 radical (unpaired) electrons. The topological polar surface area (TPSA) is 35.2 Å². The van der Waals surface area contributed by atoms with Gasteiger partial charge in [0.2, 0.25) is 0 Å². The minimum atomic E-state index is 0.755. The van der Waals surface area contributed by atoms with Gasteiger partial charge in [-0.1, -0.05) is 13.8 Å². The van der Waals surface area contributed by atoms with E-state index in [0.717, 1.165) is 16.7 Å². The maximum absolute atomic E-state index is 5.51.